The highest BCUT2D eigenvalue weighted by Crippen LogP contribution is 2.25. The molecule has 0 amide bonds. The van der Waals surface area contributed by atoms with Crippen molar-refractivity contribution in [1.82, 2.24) is 4.72 Å². The average molecular weight is 288 g/mol. The maximum atomic E-state index is 12.2. The van der Waals surface area contributed by atoms with Crippen molar-refractivity contribution in [3.05, 3.63) is 29.3 Å². The van der Waals surface area contributed by atoms with Crippen LogP contribution in [0.5, 0.6) is 0 Å². The summed E-state index contributed by atoms with van der Waals surface area (Å²) in [6.45, 7) is 2.17. The number of nitrogens with one attached hydrogen (secondary N) is 1. The molecular weight excluding hydrogens is 270 g/mol. The Morgan fingerprint density at radius 3 is 2.78 bits per heavy atom. The minimum Gasteiger partial charge on any atom is -0.208 e. The van der Waals surface area contributed by atoms with Gasteiger partial charge in [-0.05, 0) is 37.0 Å². The van der Waals surface area contributed by atoms with E-state index < -0.39 is 10.0 Å². The van der Waals surface area contributed by atoms with Crippen molar-refractivity contribution in [1.29, 1.82) is 0 Å². The van der Waals surface area contributed by atoms with Crippen molar-refractivity contribution in [2.24, 2.45) is 5.92 Å². The fraction of sp³-hybridized carbons (Fsp3) is 0.538. The second-order valence-electron chi connectivity index (χ2n) is 5.05. The molecule has 1 aliphatic carbocycles. The van der Waals surface area contributed by atoms with E-state index in [1.54, 1.807) is 18.2 Å². The monoisotopic (exact) mass is 287 g/mol. The summed E-state index contributed by atoms with van der Waals surface area (Å²) in [6.07, 6.45) is 4.11. The molecule has 2 atom stereocenters. The Bertz CT molecular complexity index is 515. The SMILES string of the molecule is CC1CCCC(NS(=O)(=O)c2cccc(Cl)c2)C1. The van der Waals surface area contributed by atoms with Crippen LogP contribution in [0.15, 0.2) is 29.2 Å². The van der Waals surface area contributed by atoms with Gasteiger partial charge in [0.15, 0.2) is 0 Å². The van der Waals surface area contributed by atoms with Crippen molar-refractivity contribution in [2.75, 3.05) is 0 Å². The van der Waals surface area contributed by atoms with E-state index in [0.29, 0.717) is 10.9 Å². The molecule has 0 aliphatic heterocycles. The normalized spacial score (nSPS) is 25.0. The molecule has 100 valence electrons. The lowest BCUT2D eigenvalue weighted by molar-refractivity contribution is 0.327. The van der Waals surface area contributed by atoms with Crippen LogP contribution in [0.3, 0.4) is 0 Å². The Balaban J connectivity index is 2.12. The first kappa shape index (κ1) is 13.8. The lowest BCUT2D eigenvalue weighted by Gasteiger charge is -2.27. The van der Waals surface area contributed by atoms with Crippen LogP contribution >= 0.6 is 11.6 Å². The second kappa shape index (κ2) is 5.59. The zero-order chi connectivity index (χ0) is 13.2. The molecule has 1 N–H and O–H groups in total. The number of sulfonamides is 1. The average Bonchev–Trinajstić information content (AvgIpc) is 2.28. The Labute approximate surface area is 114 Å². The van der Waals surface area contributed by atoms with Crippen LogP contribution in [-0.4, -0.2) is 14.5 Å². The van der Waals surface area contributed by atoms with Crippen LogP contribution in [-0.2, 0) is 10.0 Å². The van der Waals surface area contributed by atoms with Crippen LogP contribution < -0.4 is 4.72 Å². The summed E-state index contributed by atoms with van der Waals surface area (Å²) >= 11 is 5.82. The minimum absolute atomic E-state index is 0.0535. The van der Waals surface area contributed by atoms with Crippen molar-refractivity contribution in [3.63, 3.8) is 0 Å². The molecule has 0 radical (unpaired) electrons. The maximum Gasteiger partial charge on any atom is 0.240 e. The van der Waals surface area contributed by atoms with Gasteiger partial charge in [-0.25, -0.2) is 13.1 Å². The molecule has 1 aromatic carbocycles. The molecule has 1 fully saturated rings. The summed E-state index contributed by atoms with van der Waals surface area (Å²) < 4.78 is 27.2. The van der Waals surface area contributed by atoms with Gasteiger partial charge in [-0.3, -0.25) is 0 Å². The third-order valence-electron chi connectivity index (χ3n) is 3.36. The lowest BCUT2D eigenvalue weighted by Crippen LogP contribution is -2.37. The van der Waals surface area contributed by atoms with Gasteiger partial charge in [-0.15, -0.1) is 0 Å². The van der Waals surface area contributed by atoms with Crippen LogP contribution in [0.2, 0.25) is 5.02 Å². The quantitative estimate of drug-likeness (QED) is 0.928. The number of benzene rings is 1. The van der Waals surface area contributed by atoms with Crippen molar-refractivity contribution < 1.29 is 8.42 Å². The van der Waals surface area contributed by atoms with Gasteiger partial charge < -0.3 is 0 Å². The largest absolute Gasteiger partial charge is 0.240 e. The highest BCUT2D eigenvalue weighted by atomic mass is 35.5. The molecule has 5 heteroatoms. The first-order valence-electron chi connectivity index (χ1n) is 6.25. The van der Waals surface area contributed by atoms with Crippen molar-refractivity contribution in [2.45, 2.75) is 43.5 Å². The van der Waals surface area contributed by atoms with E-state index in [-0.39, 0.29) is 10.9 Å². The molecule has 0 heterocycles. The van der Waals surface area contributed by atoms with Gasteiger partial charge in [0.1, 0.15) is 0 Å². The van der Waals surface area contributed by atoms with E-state index in [4.69, 9.17) is 11.6 Å². The summed E-state index contributed by atoms with van der Waals surface area (Å²) in [7, 11) is -3.44. The summed E-state index contributed by atoms with van der Waals surface area (Å²) in [5, 5.41) is 0.440. The highest BCUT2D eigenvalue weighted by molar-refractivity contribution is 7.89. The van der Waals surface area contributed by atoms with Crippen molar-refractivity contribution >= 4 is 21.6 Å². The summed E-state index contributed by atoms with van der Waals surface area (Å²) in [4.78, 5) is 0.244. The molecule has 0 bridgehead atoms. The number of rotatable bonds is 3. The Morgan fingerprint density at radius 1 is 1.33 bits per heavy atom. The van der Waals surface area contributed by atoms with Crippen LogP contribution in [0.25, 0.3) is 0 Å². The topological polar surface area (TPSA) is 46.2 Å². The zero-order valence-electron chi connectivity index (χ0n) is 10.4. The summed E-state index contributed by atoms with van der Waals surface area (Å²) in [5.74, 6) is 0.589. The first-order valence-corrected chi connectivity index (χ1v) is 8.11. The van der Waals surface area contributed by atoms with E-state index in [2.05, 4.69) is 11.6 Å². The van der Waals surface area contributed by atoms with Gasteiger partial charge >= 0.3 is 0 Å². The molecule has 3 nitrogen and oxygen atoms in total. The molecule has 2 unspecified atom stereocenters. The molecule has 1 aromatic rings. The lowest BCUT2D eigenvalue weighted by atomic mass is 9.88. The second-order valence-corrected chi connectivity index (χ2v) is 7.20. The van der Waals surface area contributed by atoms with E-state index in [1.165, 1.54) is 12.5 Å². The smallest absolute Gasteiger partial charge is 0.208 e. The van der Waals surface area contributed by atoms with Crippen LogP contribution in [0.4, 0.5) is 0 Å². The predicted molar refractivity (Wildman–Crippen MR) is 73.2 cm³/mol. The fourth-order valence-corrected chi connectivity index (χ4v) is 4.05. The van der Waals surface area contributed by atoms with E-state index in [9.17, 15) is 8.42 Å². The van der Waals surface area contributed by atoms with Crippen LogP contribution in [0.1, 0.15) is 32.6 Å². The molecule has 1 saturated carbocycles. The molecule has 0 saturated heterocycles. The standard InChI is InChI=1S/C13H18ClNO2S/c1-10-4-2-6-12(8-10)15-18(16,17)13-7-3-5-11(14)9-13/h3,5,7,9-10,12,15H,2,4,6,8H2,1H3. The number of hydrogen-bond donors (Lipinski definition) is 1. The van der Waals surface area contributed by atoms with E-state index in [1.807, 2.05) is 0 Å². The Morgan fingerprint density at radius 2 is 2.11 bits per heavy atom. The number of hydrogen-bond acceptors (Lipinski definition) is 2. The molecular formula is C13H18ClNO2S. The summed E-state index contributed by atoms with van der Waals surface area (Å²) in [5.41, 5.74) is 0. The maximum absolute atomic E-state index is 12.2. The minimum atomic E-state index is -3.44. The van der Waals surface area contributed by atoms with Gasteiger partial charge in [0.2, 0.25) is 10.0 Å². The Kier molecular flexibility index (Phi) is 4.30. The molecule has 18 heavy (non-hydrogen) atoms. The fourth-order valence-electron chi connectivity index (χ4n) is 2.46. The van der Waals surface area contributed by atoms with E-state index in [0.717, 1.165) is 19.3 Å². The van der Waals surface area contributed by atoms with Gasteiger partial charge in [0.25, 0.3) is 0 Å². The van der Waals surface area contributed by atoms with Gasteiger partial charge in [0, 0.05) is 11.1 Å². The third-order valence-corrected chi connectivity index (χ3v) is 5.12. The zero-order valence-corrected chi connectivity index (χ0v) is 12.0. The van der Waals surface area contributed by atoms with E-state index >= 15 is 0 Å². The number of halogens is 1. The molecule has 0 aromatic heterocycles. The van der Waals surface area contributed by atoms with Crippen molar-refractivity contribution in [3.8, 4) is 0 Å². The van der Waals surface area contributed by atoms with Gasteiger partial charge in [-0.1, -0.05) is 37.4 Å². The van der Waals surface area contributed by atoms with Gasteiger partial charge in [0.05, 0.1) is 4.90 Å². The first-order chi connectivity index (χ1) is 8.47. The highest BCUT2D eigenvalue weighted by Gasteiger charge is 2.24. The molecule has 2 rings (SSSR count). The summed E-state index contributed by atoms with van der Waals surface area (Å²) in [6, 6.07) is 6.43. The predicted octanol–water partition coefficient (Wildman–Crippen LogP) is 3.20. The van der Waals surface area contributed by atoms with Crippen LogP contribution in [0, 0.1) is 5.92 Å². The third kappa shape index (κ3) is 3.46. The Hall–Kier alpha value is -0.580. The molecule has 1 aliphatic rings. The van der Waals surface area contributed by atoms with Gasteiger partial charge in [-0.2, -0.15) is 0 Å². The molecule has 0 spiro atoms.